The average molecular weight is 561 g/mol. The number of ether oxygens (including phenoxy) is 3. The SMILES string of the molecule is COC(=O)C1=C(C)N=c2s/c(=C\c3ccc(OCc4ccccc4)c(OC)c3)c(=O)n2[C@H]1c1ccc(Cl)cc1. The molecule has 1 atom stereocenters. The van der Waals surface area contributed by atoms with Crippen LogP contribution in [0.25, 0.3) is 6.08 Å². The number of carbonyl (C=O) groups excluding carboxylic acids is 1. The molecule has 0 aliphatic carbocycles. The van der Waals surface area contributed by atoms with Crippen LogP contribution in [0.1, 0.15) is 29.7 Å². The van der Waals surface area contributed by atoms with Gasteiger partial charge in [0.15, 0.2) is 16.3 Å². The zero-order chi connectivity index (χ0) is 27.5. The van der Waals surface area contributed by atoms with Crippen LogP contribution in [0.3, 0.4) is 0 Å². The maximum absolute atomic E-state index is 13.7. The van der Waals surface area contributed by atoms with Crippen molar-refractivity contribution in [3.63, 3.8) is 0 Å². The number of aromatic nitrogens is 1. The molecule has 0 bridgehead atoms. The minimum Gasteiger partial charge on any atom is -0.493 e. The minimum absolute atomic E-state index is 0.268. The molecule has 1 aliphatic rings. The molecule has 9 heteroatoms. The van der Waals surface area contributed by atoms with Gasteiger partial charge >= 0.3 is 5.97 Å². The van der Waals surface area contributed by atoms with Crippen LogP contribution in [0.15, 0.2) is 93.9 Å². The van der Waals surface area contributed by atoms with Gasteiger partial charge in [-0.2, -0.15) is 0 Å². The lowest BCUT2D eigenvalue weighted by Crippen LogP contribution is -2.39. The fourth-order valence-corrected chi connectivity index (χ4v) is 5.61. The summed E-state index contributed by atoms with van der Waals surface area (Å²) in [7, 11) is 2.89. The molecule has 198 valence electrons. The lowest BCUT2D eigenvalue weighted by Gasteiger charge is -2.24. The highest BCUT2D eigenvalue weighted by atomic mass is 35.5. The Balaban J connectivity index is 1.55. The number of fused-ring (bicyclic) bond motifs is 1. The second kappa shape index (κ2) is 11.3. The van der Waals surface area contributed by atoms with E-state index in [-0.39, 0.29) is 5.56 Å². The third-order valence-electron chi connectivity index (χ3n) is 6.34. The Hall–Kier alpha value is -4.14. The number of nitrogens with zero attached hydrogens (tertiary/aromatic N) is 2. The lowest BCUT2D eigenvalue weighted by atomic mass is 9.96. The quantitative estimate of drug-likeness (QED) is 0.307. The number of carbonyl (C=O) groups is 1. The van der Waals surface area contributed by atoms with Crippen molar-refractivity contribution in [3.05, 3.63) is 125 Å². The number of allylic oxidation sites excluding steroid dienone is 1. The largest absolute Gasteiger partial charge is 0.493 e. The van der Waals surface area contributed by atoms with Gasteiger partial charge in [0.05, 0.1) is 36.1 Å². The van der Waals surface area contributed by atoms with E-state index in [9.17, 15) is 9.59 Å². The van der Waals surface area contributed by atoms with Crippen molar-refractivity contribution in [2.75, 3.05) is 14.2 Å². The highest BCUT2D eigenvalue weighted by Crippen LogP contribution is 2.32. The van der Waals surface area contributed by atoms with Crippen LogP contribution < -0.4 is 24.4 Å². The van der Waals surface area contributed by atoms with E-state index in [1.165, 1.54) is 23.0 Å². The summed E-state index contributed by atoms with van der Waals surface area (Å²) in [5, 5.41) is 0.552. The molecule has 3 aromatic carbocycles. The van der Waals surface area contributed by atoms with E-state index in [0.29, 0.717) is 43.7 Å². The van der Waals surface area contributed by atoms with Gasteiger partial charge in [-0.1, -0.05) is 71.5 Å². The first-order chi connectivity index (χ1) is 18.9. The van der Waals surface area contributed by atoms with Gasteiger partial charge < -0.3 is 14.2 Å². The number of methoxy groups -OCH3 is 2. The average Bonchev–Trinajstić information content (AvgIpc) is 3.26. The van der Waals surface area contributed by atoms with Crippen molar-refractivity contribution in [1.29, 1.82) is 0 Å². The molecule has 1 aliphatic heterocycles. The molecule has 0 saturated heterocycles. The molecule has 2 heterocycles. The van der Waals surface area contributed by atoms with Crippen molar-refractivity contribution >= 4 is 35.0 Å². The zero-order valence-corrected chi connectivity index (χ0v) is 23.1. The predicted octanol–water partition coefficient (Wildman–Crippen LogP) is 4.65. The number of rotatable bonds is 7. The van der Waals surface area contributed by atoms with E-state index < -0.39 is 12.0 Å². The highest BCUT2D eigenvalue weighted by molar-refractivity contribution is 7.07. The molecule has 0 N–H and O–H groups in total. The Kier molecular flexibility index (Phi) is 7.67. The summed E-state index contributed by atoms with van der Waals surface area (Å²) in [6.45, 7) is 2.15. The van der Waals surface area contributed by atoms with Crippen LogP contribution in [-0.4, -0.2) is 24.8 Å². The number of hydrogen-bond donors (Lipinski definition) is 0. The van der Waals surface area contributed by atoms with Crippen LogP contribution in [0, 0.1) is 0 Å². The molecule has 0 spiro atoms. The maximum atomic E-state index is 13.7. The van der Waals surface area contributed by atoms with E-state index in [1.807, 2.05) is 48.5 Å². The smallest absolute Gasteiger partial charge is 0.338 e. The molecular weight excluding hydrogens is 536 g/mol. The second-order valence-electron chi connectivity index (χ2n) is 8.81. The van der Waals surface area contributed by atoms with E-state index in [4.69, 9.17) is 25.8 Å². The van der Waals surface area contributed by atoms with Crippen LogP contribution >= 0.6 is 22.9 Å². The Labute approximate surface area is 233 Å². The molecule has 4 aromatic rings. The van der Waals surface area contributed by atoms with Gasteiger partial charge in [-0.25, -0.2) is 9.79 Å². The monoisotopic (exact) mass is 560 g/mol. The molecule has 0 unspecified atom stereocenters. The van der Waals surface area contributed by atoms with Gasteiger partial charge in [0.25, 0.3) is 5.56 Å². The number of benzene rings is 3. The van der Waals surface area contributed by atoms with Gasteiger partial charge in [0.1, 0.15) is 6.61 Å². The molecule has 0 saturated carbocycles. The molecule has 0 radical (unpaired) electrons. The summed E-state index contributed by atoms with van der Waals surface area (Å²) in [5.74, 6) is 0.609. The molecule has 0 fully saturated rings. The summed E-state index contributed by atoms with van der Waals surface area (Å²) in [5.41, 5.74) is 3.06. The molecular formula is C30H25ClN2O5S. The van der Waals surface area contributed by atoms with Crippen LogP contribution in [0.2, 0.25) is 5.02 Å². The van der Waals surface area contributed by atoms with Crippen molar-refractivity contribution in [3.8, 4) is 11.5 Å². The summed E-state index contributed by atoms with van der Waals surface area (Å²) in [6.07, 6.45) is 1.78. The lowest BCUT2D eigenvalue weighted by molar-refractivity contribution is -0.136. The fraction of sp³-hybridized carbons (Fsp3) is 0.167. The van der Waals surface area contributed by atoms with Crippen LogP contribution in [0.5, 0.6) is 11.5 Å². The summed E-state index contributed by atoms with van der Waals surface area (Å²) >= 11 is 7.36. The first kappa shape index (κ1) is 26.5. The molecule has 1 aromatic heterocycles. The highest BCUT2D eigenvalue weighted by Gasteiger charge is 2.33. The fourth-order valence-electron chi connectivity index (χ4n) is 4.43. The zero-order valence-electron chi connectivity index (χ0n) is 21.5. The number of hydrogen-bond acceptors (Lipinski definition) is 7. The number of thiazole rings is 1. The first-order valence-corrected chi connectivity index (χ1v) is 13.3. The number of halogens is 1. The third kappa shape index (κ3) is 5.39. The van der Waals surface area contributed by atoms with Crippen LogP contribution in [0.4, 0.5) is 0 Å². The van der Waals surface area contributed by atoms with Crippen molar-refractivity contribution in [2.45, 2.75) is 19.6 Å². The number of esters is 1. The van der Waals surface area contributed by atoms with Gasteiger partial charge in [0.2, 0.25) is 0 Å². The van der Waals surface area contributed by atoms with Gasteiger partial charge in [-0.05, 0) is 54.0 Å². The third-order valence-corrected chi connectivity index (χ3v) is 7.57. The van der Waals surface area contributed by atoms with E-state index >= 15 is 0 Å². The van der Waals surface area contributed by atoms with Gasteiger partial charge in [0, 0.05) is 5.02 Å². The predicted molar refractivity (Wildman–Crippen MR) is 151 cm³/mol. The molecule has 7 nitrogen and oxygen atoms in total. The second-order valence-corrected chi connectivity index (χ2v) is 10.3. The molecule has 0 amide bonds. The Morgan fingerprint density at radius 2 is 1.79 bits per heavy atom. The van der Waals surface area contributed by atoms with E-state index in [0.717, 1.165) is 16.7 Å². The summed E-state index contributed by atoms with van der Waals surface area (Å²) < 4.78 is 18.6. The standard InChI is InChI=1S/C30H25ClN2O5S/c1-18-26(29(35)37-3)27(21-10-12-22(31)13-11-21)33-28(34)25(39-30(33)32-18)16-20-9-14-23(24(15-20)36-2)38-17-19-7-5-4-6-8-19/h4-16,27H,17H2,1-3H3/b25-16-/t27-/m0/s1. The topological polar surface area (TPSA) is 79.1 Å². The van der Waals surface area contributed by atoms with Crippen molar-refractivity contribution in [1.82, 2.24) is 4.57 Å². The van der Waals surface area contributed by atoms with Crippen molar-refractivity contribution < 1.29 is 19.0 Å². The Morgan fingerprint density at radius 1 is 1.05 bits per heavy atom. The molecule has 5 rings (SSSR count). The van der Waals surface area contributed by atoms with E-state index in [2.05, 4.69) is 4.99 Å². The van der Waals surface area contributed by atoms with E-state index in [1.54, 1.807) is 44.4 Å². The first-order valence-electron chi connectivity index (χ1n) is 12.1. The maximum Gasteiger partial charge on any atom is 0.338 e. The molecule has 39 heavy (non-hydrogen) atoms. The van der Waals surface area contributed by atoms with Gasteiger partial charge in [-0.3, -0.25) is 9.36 Å². The summed E-state index contributed by atoms with van der Waals surface area (Å²) in [6, 6.07) is 21.7. The minimum atomic E-state index is -0.698. The Morgan fingerprint density at radius 3 is 2.49 bits per heavy atom. The van der Waals surface area contributed by atoms with Crippen LogP contribution in [-0.2, 0) is 16.1 Å². The van der Waals surface area contributed by atoms with Crippen molar-refractivity contribution in [2.24, 2.45) is 4.99 Å². The Bertz CT molecular complexity index is 1740. The summed E-state index contributed by atoms with van der Waals surface area (Å²) in [4.78, 5) is 31.6. The van der Waals surface area contributed by atoms with Gasteiger partial charge in [-0.15, -0.1) is 0 Å². The normalized spacial score (nSPS) is 15.0.